The molecule has 0 radical (unpaired) electrons. The number of aryl methyl sites for hydroxylation is 2. The summed E-state index contributed by atoms with van der Waals surface area (Å²) in [6.07, 6.45) is 4.61. The Morgan fingerprint density at radius 2 is 2.15 bits per heavy atom. The molecule has 0 unspecified atom stereocenters. The molecular weight excluding hydrogens is 375 g/mol. The van der Waals surface area contributed by atoms with Crippen molar-refractivity contribution < 1.29 is 9.53 Å². The Morgan fingerprint density at radius 1 is 1.31 bits per heavy atom. The van der Waals surface area contributed by atoms with Gasteiger partial charge in [0.1, 0.15) is 11.9 Å². The number of fused-ring (bicyclic) bond motifs is 3. The Kier molecular flexibility index (Phi) is 7.29. The highest BCUT2D eigenvalue weighted by Crippen LogP contribution is 2.24. The van der Waals surface area contributed by atoms with Crippen molar-refractivity contribution in [2.75, 3.05) is 18.5 Å². The van der Waals surface area contributed by atoms with Crippen molar-refractivity contribution in [3.05, 3.63) is 24.0 Å². The molecule has 0 saturated carbocycles. The minimum absolute atomic E-state index is 0. The molecule has 144 valence electrons. The van der Waals surface area contributed by atoms with Gasteiger partial charge in [-0.05, 0) is 38.0 Å². The fourth-order valence-corrected chi connectivity index (χ4v) is 3.67. The third kappa shape index (κ3) is 4.14. The van der Waals surface area contributed by atoms with Gasteiger partial charge >= 0.3 is 0 Å². The Balaban J connectivity index is 0.00000121. The second-order valence-electron chi connectivity index (χ2n) is 6.69. The van der Waals surface area contributed by atoms with Crippen LogP contribution in [0, 0.1) is 0 Å². The van der Waals surface area contributed by atoms with E-state index in [-0.39, 0.29) is 42.9 Å². The molecule has 0 spiro atoms. The van der Waals surface area contributed by atoms with E-state index in [9.17, 15) is 4.79 Å². The van der Waals surface area contributed by atoms with Crippen LogP contribution in [0.4, 0.5) is 5.69 Å². The Hall–Kier alpha value is -1.34. The number of morpholine rings is 1. The number of benzene rings is 1. The first-order valence-corrected chi connectivity index (χ1v) is 8.87. The second kappa shape index (κ2) is 9.04. The van der Waals surface area contributed by atoms with Crippen molar-refractivity contribution in [1.29, 1.82) is 0 Å². The number of nitrogens with zero attached hydrogens (tertiary/aromatic N) is 2. The number of nitrogens with one attached hydrogen (secondary N) is 2. The summed E-state index contributed by atoms with van der Waals surface area (Å²) in [5.41, 5.74) is 2.92. The van der Waals surface area contributed by atoms with Crippen LogP contribution in [-0.4, -0.2) is 40.8 Å². The number of aromatic nitrogens is 2. The second-order valence-corrected chi connectivity index (χ2v) is 6.69. The zero-order chi connectivity index (χ0) is 16.5. The number of hydrogen-bond donors (Lipinski definition) is 2. The van der Waals surface area contributed by atoms with Crippen LogP contribution in [0.3, 0.4) is 0 Å². The normalized spacial score (nSPS) is 22.5. The standard InChI is InChI=1S/C18H24N4O2.2ClH/c1-12-17(19-8-10-24-12)18(23)20-13-6-7-15-14(11-13)21-16-5-3-2-4-9-22(15)16;;/h6-7,11-12,17,19H,2-5,8-10H2,1H3,(H,20,23);2*1H/t12-,17+;;/m1../s1. The third-order valence-electron chi connectivity index (χ3n) is 4.98. The van der Waals surface area contributed by atoms with Gasteiger partial charge in [-0.2, -0.15) is 0 Å². The van der Waals surface area contributed by atoms with E-state index < -0.39 is 0 Å². The Bertz CT molecular complexity index is 765. The molecule has 4 rings (SSSR count). The average molecular weight is 401 g/mol. The van der Waals surface area contributed by atoms with Gasteiger partial charge in [0.2, 0.25) is 5.91 Å². The van der Waals surface area contributed by atoms with E-state index in [4.69, 9.17) is 9.72 Å². The Morgan fingerprint density at radius 3 is 2.96 bits per heavy atom. The predicted octanol–water partition coefficient (Wildman–Crippen LogP) is 2.92. The van der Waals surface area contributed by atoms with Gasteiger partial charge in [-0.1, -0.05) is 6.42 Å². The van der Waals surface area contributed by atoms with Crippen LogP contribution in [0.25, 0.3) is 11.0 Å². The van der Waals surface area contributed by atoms with Crippen LogP contribution >= 0.6 is 24.8 Å². The minimum Gasteiger partial charge on any atom is -0.375 e. The van der Waals surface area contributed by atoms with Crippen molar-refractivity contribution in [3.8, 4) is 0 Å². The topological polar surface area (TPSA) is 68.2 Å². The van der Waals surface area contributed by atoms with Crippen molar-refractivity contribution in [2.24, 2.45) is 0 Å². The fraction of sp³-hybridized carbons (Fsp3) is 0.556. The molecule has 1 aromatic heterocycles. The quantitative estimate of drug-likeness (QED) is 0.812. The summed E-state index contributed by atoms with van der Waals surface area (Å²) >= 11 is 0. The van der Waals surface area contributed by atoms with E-state index in [1.165, 1.54) is 25.1 Å². The molecule has 1 aromatic carbocycles. The van der Waals surface area contributed by atoms with Gasteiger partial charge in [-0.25, -0.2) is 4.98 Å². The lowest BCUT2D eigenvalue weighted by Crippen LogP contribution is -2.53. The average Bonchev–Trinajstić information content (AvgIpc) is 2.75. The smallest absolute Gasteiger partial charge is 0.244 e. The molecule has 2 aromatic rings. The monoisotopic (exact) mass is 400 g/mol. The maximum Gasteiger partial charge on any atom is 0.244 e. The zero-order valence-corrected chi connectivity index (χ0v) is 16.5. The van der Waals surface area contributed by atoms with Crippen LogP contribution in [-0.2, 0) is 22.5 Å². The maximum atomic E-state index is 12.5. The van der Waals surface area contributed by atoms with Crippen LogP contribution < -0.4 is 10.6 Å². The summed E-state index contributed by atoms with van der Waals surface area (Å²) in [6, 6.07) is 5.70. The number of hydrogen-bond acceptors (Lipinski definition) is 4. The lowest BCUT2D eigenvalue weighted by Gasteiger charge is -2.29. The number of carbonyl (C=O) groups is 1. The summed E-state index contributed by atoms with van der Waals surface area (Å²) in [4.78, 5) is 17.3. The number of carbonyl (C=O) groups excluding carboxylic acids is 1. The zero-order valence-electron chi connectivity index (χ0n) is 14.9. The largest absolute Gasteiger partial charge is 0.375 e. The number of imidazole rings is 1. The third-order valence-corrected chi connectivity index (χ3v) is 4.98. The summed E-state index contributed by atoms with van der Waals surface area (Å²) < 4.78 is 7.87. The van der Waals surface area contributed by atoms with Gasteiger partial charge in [0.05, 0.1) is 23.7 Å². The highest BCUT2D eigenvalue weighted by molar-refractivity contribution is 5.97. The van der Waals surface area contributed by atoms with Crippen LogP contribution in [0.1, 0.15) is 32.0 Å². The molecular formula is C18H26Cl2N4O2. The molecule has 26 heavy (non-hydrogen) atoms. The van der Waals surface area contributed by atoms with Gasteiger partial charge in [0.25, 0.3) is 0 Å². The van der Waals surface area contributed by atoms with E-state index in [0.717, 1.165) is 29.7 Å². The van der Waals surface area contributed by atoms with Gasteiger partial charge < -0.3 is 19.9 Å². The molecule has 8 heteroatoms. The molecule has 0 bridgehead atoms. The van der Waals surface area contributed by atoms with E-state index in [2.05, 4.69) is 21.3 Å². The van der Waals surface area contributed by atoms with Gasteiger partial charge in [0, 0.05) is 25.2 Å². The van der Waals surface area contributed by atoms with Crippen molar-refractivity contribution in [2.45, 2.75) is 51.3 Å². The summed E-state index contributed by atoms with van der Waals surface area (Å²) in [5, 5.41) is 6.21. The molecule has 2 atom stereocenters. The number of amides is 1. The first-order chi connectivity index (χ1) is 11.7. The number of rotatable bonds is 2. The molecule has 6 nitrogen and oxygen atoms in total. The number of halogens is 2. The van der Waals surface area contributed by atoms with E-state index in [1.54, 1.807) is 0 Å². The highest BCUT2D eigenvalue weighted by atomic mass is 35.5. The number of ether oxygens (including phenoxy) is 1. The summed E-state index contributed by atoms with van der Waals surface area (Å²) in [7, 11) is 0. The Labute approximate surface area is 165 Å². The van der Waals surface area contributed by atoms with E-state index >= 15 is 0 Å². The van der Waals surface area contributed by atoms with E-state index in [0.29, 0.717) is 13.2 Å². The fourth-order valence-electron chi connectivity index (χ4n) is 3.67. The van der Waals surface area contributed by atoms with E-state index in [1.807, 2.05) is 19.1 Å². The first kappa shape index (κ1) is 21.0. The van der Waals surface area contributed by atoms with Crippen molar-refractivity contribution >= 4 is 47.4 Å². The molecule has 2 aliphatic rings. The lowest BCUT2D eigenvalue weighted by molar-refractivity contribution is -0.123. The van der Waals surface area contributed by atoms with Gasteiger partial charge in [0.15, 0.2) is 0 Å². The molecule has 2 N–H and O–H groups in total. The van der Waals surface area contributed by atoms with Crippen LogP contribution in [0.15, 0.2) is 18.2 Å². The minimum atomic E-state index is -0.312. The summed E-state index contributed by atoms with van der Waals surface area (Å²) in [5.74, 6) is 1.12. The molecule has 3 heterocycles. The molecule has 1 fully saturated rings. The van der Waals surface area contributed by atoms with Crippen LogP contribution in [0.2, 0.25) is 0 Å². The first-order valence-electron chi connectivity index (χ1n) is 8.87. The lowest BCUT2D eigenvalue weighted by atomic mass is 10.1. The van der Waals surface area contributed by atoms with Gasteiger partial charge in [-0.3, -0.25) is 4.79 Å². The van der Waals surface area contributed by atoms with Gasteiger partial charge in [-0.15, -0.1) is 24.8 Å². The number of anilines is 1. The SMILES string of the molecule is C[C@H]1OCCN[C@@H]1C(=O)Nc1ccc2c(c1)nc1n2CCCCC1.Cl.Cl. The van der Waals surface area contributed by atoms with Crippen molar-refractivity contribution in [1.82, 2.24) is 14.9 Å². The molecule has 1 saturated heterocycles. The van der Waals surface area contributed by atoms with Crippen molar-refractivity contribution in [3.63, 3.8) is 0 Å². The maximum absolute atomic E-state index is 12.5. The highest BCUT2D eigenvalue weighted by Gasteiger charge is 2.28. The van der Waals surface area contributed by atoms with Crippen LogP contribution in [0.5, 0.6) is 0 Å². The summed E-state index contributed by atoms with van der Waals surface area (Å²) in [6.45, 7) is 4.32. The molecule has 0 aliphatic carbocycles. The predicted molar refractivity (Wildman–Crippen MR) is 108 cm³/mol. The molecule has 1 amide bonds. The molecule has 2 aliphatic heterocycles.